The van der Waals surface area contributed by atoms with Crippen molar-refractivity contribution in [1.29, 1.82) is 0 Å². The Bertz CT molecular complexity index is 2520. The van der Waals surface area contributed by atoms with Gasteiger partial charge in [0, 0.05) is 32.2 Å². The minimum absolute atomic E-state index is 1.14. The first kappa shape index (κ1) is 26.7. The summed E-state index contributed by atoms with van der Waals surface area (Å²) in [6.45, 7) is 0. The van der Waals surface area contributed by atoms with Crippen molar-refractivity contribution in [3.8, 4) is 22.3 Å². The summed E-state index contributed by atoms with van der Waals surface area (Å²) in [6, 6.07) is 63.8. The fourth-order valence-corrected chi connectivity index (χ4v) is 8.25. The van der Waals surface area contributed by atoms with E-state index in [1.807, 2.05) is 11.3 Å². The van der Waals surface area contributed by atoms with Crippen LogP contribution in [0.1, 0.15) is 0 Å². The molecule has 1 aromatic heterocycles. The van der Waals surface area contributed by atoms with Gasteiger partial charge in [0.25, 0.3) is 0 Å². The van der Waals surface area contributed by atoms with Crippen molar-refractivity contribution in [2.24, 2.45) is 0 Å². The molecule has 0 N–H and O–H groups in total. The van der Waals surface area contributed by atoms with Gasteiger partial charge in [0.1, 0.15) is 0 Å². The number of hydrogen-bond acceptors (Lipinski definition) is 2. The van der Waals surface area contributed by atoms with Crippen molar-refractivity contribution in [3.63, 3.8) is 0 Å². The van der Waals surface area contributed by atoms with Crippen LogP contribution in [0, 0.1) is 0 Å². The summed E-state index contributed by atoms with van der Waals surface area (Å²) in [7, 11) is 0. The van der Waals surface area contributed by atoms with Gasteiger partial charge in [-0.15, -0.1) is 11.3 Å². The molecule has 0 unspecified atom stereocenters. The van der Waals surface area contributed by atoms with E-state index in [-0.39, 0.29) is 0 Å². The summed E-state index contributed by atoms with van der Waals surface area (Å²) in [4.78, 5) is 2.41. The number of anilines is 3. The Morgan fingerprint density at radius 1 is 0.348 bits per heavy atom. The van der Waals surface area contributed by atoms with Crippen molar-refractivity contribution < 1.29 is 0 Å². The van der Waals surface area contributed by atoms with Crippen LogP contribution in [-0.2, 0) is 0 Å². The Morgan fingerprint density at radius 3 is 1.78 bits per heavy atom. The van der Waals surface area contributed by atoms with Gasteiger partial charge in [-0.1, -0.05) is 140 Å². The SMILES string of the molecule is c1ccc(-c2cccc(N(c3ccccc3)c3cccc4c3sc3c5ccccc5c(-c5cccc6ccccc56)cc43)c2)cc1. The highest BCUT2D eigenvalue weighted by Crippen LogP contribution is 2.48. The second-order valence-electron chi connectivity index (χ2n) is 11.7. The highest BCUT2D eigenvalue weighted by Gasteiger charge is 2.20. The molecule has 2 heteroatoms. The average molecular weight is 604 g/mol. The van der Waals surface area contributed by atoms with Crippen molar-refractivity contribution >= 4 is 70.1 Å². The lowest BCUT2D eigenvalue weighted by atomic mass is 9.92. The lowest BCUT2D eigenvalue weighted by molar-refractivity contribution is 1.30. The Balaban J connectivity index is 1.32. The number of fused-ring (bicyclic) bond motifs is 6. The summed E-state index contributed by atoms with van der Waals surface area (Å²) in [6.07, 6.45) is 0. The van der Waals surface area contributed by atoms with Crippen LogP contribution in [0.3, 0.4) is 0 Å². The Hall–Kier alpha value is -5.70. The highest BCUT2D eigenvalue weighted by atomic mass is 32.1. The molecule has 0 bridgehead atoms. The molecule has 0 spiro atoms. The Morgan fingerprint density at radius 2 is 0.935 bits per heavy atom. The van der Waals surface area contributed by atoms with E-state index >= 15 is 0 Å². The second-order valence-corrected chi connectivity index (χ2v) is 12.7. The molecule has 46 heavy (non-hydrogen) atoms. The standard InChI is InChI=1S/C44H29NS/c1-3-14-30(15-4-1)32-18-11-21-34(28-32)45(33-19-5-2-6-20-33)42-27-13-26-39-41-29-40(36-25-12-17-31-16-7-8-22-35(31)36)37-23-9-10-24-38(37)43(41)46-44(39)42/h1-29H. The normalized spacial score (nSPS) is 11.5. The zero-order chi connectivity index (χ0) is 30.5. The quantitative estimate of drug-likeness (QED) is 0.189. The molecule has 9 aromatic rings. The Labute approximate surface area is 272 Å². The lowest BCUT2D eigenvalue weighted by Gasteiger charge is -2.26. The van der Waals surface area contributed by atoms with Gasteiger partial charge in [-0.3, -0.25) is 0 Å². The minimum atomic E-state index is 1.14. The van der Waals surface area contributed by atoms with Crippen LogP contribution in [0.4, 0.5) is 17.1 Å². The predicted octanol–water partition coefficient (Wildman–Crippen LogP) is 13.2. The summed E-state index contributed by atoms with van der Waals surface area (Å²) >= 11 is 1.90. The first-order valence-electron chi connectivity index (χ1n) is 15.7. The maximum absolute atomic E-state index is 2.44. The van der Waals surface area contributed by atoms with E-state index in [2.05, 4.69) is 181 Å². The van der Waals surface area contributed by atoms with E-state index in [9.17, 15) is 0 Å². The molecule has 1 nitrogen and oxygen atoms in total. The molecule has 216 valence electrons. The largest absolute Gasteiger partial charge is 0.309 e. The van der Waals surface area contributed by atoms with E-state index in [1.54, 1.807) is 0 Å². The monoisotopic (exact) mass is 603 g/mol. The van der Waals surface area contributed by atoms with Gasteiger partial charge in [0.2, 0.25) is 0 Å². The molecule has 0 saturated carbocycles. The molecule has 8 aromatic carbocycles. The summed E-state index contributed by atoms with van der Waals surface area (Å²) in [5, 5.41) is 7.71. The number of para-hydroxylation sites is 1. The fourth-order valence-electron chi connectivity index (χ4n) is 6.92. The summed E-state index contributed by atoms with van der Waals surface area (Å²) < 4.78 is 2.61. The zero-order valence-electron chi connectivity index (χ0n) is 25.1. The van der Waals surface area contributed by atoms with Crippen LogP contribution in [-0.4, -0.2) is 0 Å². The highest BCUT2D eigenvalue weighted by molar-refractivity contribution is 7.27. The van der Waals surface area contributed by atoms with Crippen molar-refractivity contribution in [3.05, 3.63) is 176 Å². The van der Waals surface area contributed by atoms with Crippen LogP contribution in [0.15, 0.2) is 176 Å². The number of nitrogens with zero attached hydrogens (tertiary/aromatic N) is 1. The van der Waals surface area contributed by atoms with Crippen molar-refractivity contribution in [1.82, 2.24) is 0 Å². The van der Waals surface area contributed by atoms with Crippen LogP contribution < -0.4 is 4.90 Å². The summed E-state index contributed by atoms with van der Waals surface area (Å²) in [5.74, 6) is 0. The molecule has 0 radical (unpaired) electrons. The first-order chi connectivity index (χ1) is 22.8. The third-order valence-electron chi connectivity index (χ3n) is 9.03. The second kappa shape index (κ2) is 11.0. The van der Waals surface area contributed by atoms with Gasteiger partial charge in [-0.2, -0.15) is 0 Å². The maximum atomic E-state index is 2.44. The van der Waals surface area contributed by atoms with Gasteiger partial charge < -0.3 is 4.90 Å². The topological polar surface area (TPSA) is 3.24 Å². The average Bonchev–Trinajstić information content (AvgIpc) is 3.52. The third-order valence-corrected chi connectivity index (χ3v) is 10.3. The zero-order valence-corrected chi connectivity index (χ0v) is 25.9. The van der Waals surface area contributed by atoms with E-state index in [0.29, 0.717) is 0 Å². The van der Waals surface area contributed by atoms with Crippen LogP contribution in [0.25, 0.3) is 64.0 Å². The number of benzene rings is 8. The number of thiophene rings is 1. The predicted molar refractivity (Wildman–Crippen MR) is 200 cm³/mol. The van der Waals surface area contributed by atoms with Crippen LogP contribution in [0.5, 0.6) is 0 Å². The molecule has 0 amide bonds. The van der Waals surface area contributed by atoms with Gasteiger partial charge in [-0.25, -0.2) is 0 Å². The smallest absolute Gasteiger partial charge is 0.0640 e. The molecule has 9 rings (SSSR count). The minimum Gasteiger partial charge on any atom is -0.309 e. The molecule has 0 atom stereocenters. The molecular formula is C44H29NS. The molecule has 0 saturated heterocycles. The fraction of sp³-hybridized carbons (Fsp3) is 0. The third kappa shape index (κ3) is 4.38. The number of rotatable bonds is 5. The maximum Gasteiger partial charge on any atom is 0.0640 e. The van der Waals surface area contributed by atoms with Crippen molar-refractivity contribution in [2.45, 2.75) is 0 Å². The molecule has 0 aliphatic rings. The molecular weight excluding hydrogens is 575 g/mol. The first-order valence-corrected chi connectivity index (χ1v) is 16.5. The van der Waals surface area contributed by atoms with Crippen LogP contribution in [0.2, 0.25) is 0 Å². The molecule has 1 heterocycles. The van der Waals surface area contributed by atoms with Crippen molar-refractivity contribution in [2.75, 3.05) is 4.90 Å². The van der Waals surface area contributed by atoms with Gasteiger partial charge >= 0.3 is 0 Å². The van der Waals surface area contributed by atoms with Gasteiger partial charge in [-0.05, 0) is 74.8 Å². The Kier molecular flexibility index (Phi) is 6.40. The lowest BCUT2D eigenvalue weighted by Crippen LogP contribution is -2.10. The van der Waals surface area contributed by atoms with Gasteiger partial charge in [0.05, 0.1) is 10.4 Å². The summed E-state index contributed by atoms with van der Waals surface area (Å²) in [5.41, 5.74) is 8.43. The molecule has 0 fully saturated rings. The molecule has 0 aliphatic carbocycles. The van der Waals surface area contributed by atoms with E-state index in [4.69, 9.17) is 0 Å². The van der Waals surface area contributed by atoms with E-state index in [1.165, 1.54) is 69.7 Å². The van der Waals surface area contributed by atoms with E-state index < -0.39 is 0 Å². The van der Waals surface area contributed by atoms with E-state index in [0.717, 1.165) is 11.4 Å². The van der Waals surface area contributed by atoms with Crippen LogP contribution >= 0.6 is 11.3 Å². The number of hydrogen-bond donors (Lipinski definition) is 0. The van der Waals surface area contributed by atoms with Gasteiger partial charge in [0.15, 0.2) is 0 Å². The molecule has 0 aliphatic heterocycles.